The SMILES string of the molecule is Cl.O=C(N[C@@H](c1cccnc1)[C@H]1CC[C@H]2CCCCN21)c1cccc(C(F)(F)F)c1Cl. The normalized spacial score (nSPS) is 22.3. The summed E-state index contributed by atoms with van der Waals surface area (Å²) in [5, 5.41) is 2.40. The summed E-state index contributed by atoms with van der Waals surface area (Å²) in [6.45, 7) is 0.965. The van der Waals surface area contributed by atoms with Gasteiger partial charge in [-0.25, -0.2) is 0 Å². The largest absolute Gasteiger partial charge is 0.417 e. The first-order chi connectivity index (χ1) is 14.4. The number of carbonyl (C=O) groups is 1. The van der Waals surface area contributed by atoms with Gasteiger partial charge in [-0.2, -0.15) is 13.2 Å². The molecule has 1 aromatic carbocycles. The van der Waals surface area contributed by atoms with E-state index in [4.69, 9.17) is 11.6 Å². The highest BCUT2D eigenvalue weighted by atomic mass is 35.5. The summed E-state index contributed by atoms with van der Waals surface area (Å²) in [5.74, 6) is -0.611. The van der Waals surface area contributed by atoms with E-state index in [1.807, 2.05) is 6.07 Å². The van der Waals surface area contributed by atoms with Crippen molar-refractivity contribution in [2.24, 2.45) is 0 Å². The van der Waals surface area contributed by atoms with Crippen LogP contribution in [0, 0.1) is 0 Å². The lowest BCUT2D eigenvalue weighted by Gasteiger charge is -2.38. The summed E-state index contributed by atoms with van der Waals surface area (Å²) < 4.78 is 39.7. The maximum absolute atomic E-state index is 13.2. The molecule has 9 heteroatoms. The van der Waals surface area contributed by atoms with E-state index in [1.54, 1.807) is 18.5 Å². The van der Waals surface area contributed by atoms with Gasteiger partial charge in [0.1, 0.15) is 0 Å². The number of aromatic nitrogens is 1. The molecule has 2 saturated heterocycles. The number of benzene rings is 1. The van der Waals surface area contributed by atoms with Crippen LogP contribution in [0.15, 0.2) is 42.7 Å². The number of nitrogens with zero attached hydrogens (tertiary/aromatic N) is 2. The second-order valence-electron chi connectivity index (χ2n) is 7.93. The Morgan fingerprint density at radius 2 is 1.97 bits per heavy atom. The van der Waals surface area contributed by atoms with E-state index in [0.717, 1.165) is 43.9 Å². The number of amides is 1. The lowest BCUT2D eigenvalue weighted by atomic mass is 9.97. The smallest absolute Gasteiger partial charge is 0.344 e. The summed E-state index contributed by atoms with van der Waals surface area (Å²) in [6.07, 6.45) is 4.17. The van der Waals surface area contributed by atoms with Crippen molar-refractivity contribution >= 4 is 29.9 Å². The average molecular weight is 474 g/mol. The molecular formula is C22H24Cl2F3N3O. The molecule has 168 valence electrons. The van der Waals surface area contributed by atoms with Gasteiger partial charge in [0.25, 0.3) is 5.91 Å². The maximum atomic E-state index is 13.2. The molecule has 2 aliphatic heterocycles. The fourth-order valence-corrected chi connectivity index (χ4v) is 5.08. The van der Waals surface area contributed by atoms with Gasteiger partial charge in [-0.05, 0) is 56.0 Å². The molecule has 0 radical (unpaired) electrons. The lowest BCUT2D eigenvalue weighted by molar-refractivity contribution is -0.137. The van der Waals surface area contributed by atoms with Crippen molar-refractivity contribution in [3.63, 3.8) is 0 Å². The van der Waals surface area contributed by atoms with Crippen molar-refractivity contribution in [2.75, 3.05) is 6.54 Å². The van der Waals surface area contributed by atoms with Gasteiger partial charge in [0.05, 0.1) is 22.2 Å². The van der Waals surface area contributed by atoms with Gasteiger partial charge in [0, 0.05) is 24.5 Å². The molecule has 2 fully saturated rings. The molecular weight excluding hydrogens is 450 g/mol. The molecule has 4 rings (SSSR count). The summed E-state index contributed by atoms with van der Waals surface area (Å²) >= 11 is 5.98. The van der Waals surface area contributed by atoms with Crippen molar-refractivity contribution < 1.29 is 18.0 Å². The van der Waals surface area contributed by atoms with Crippen LogP contribution in [0.25, 0.3) is 0 Å². The van der Waals surface area contributed by atoms with Crippen molar-refractivity contribution in [2.45, 2.75) is 56.4 Å². The quantitative estimate of drug-likeness (QED) is 0.622. The third-order valence-electron chi connectivity index (χ3n) is 6.16. The van der Waals surface area contributed by atoms with Crippen LogP contribution in [0.4, 0.5) is 13.2 Å². The van der Waals surface area contributed by atoms with Gasteiger partial charge in [0.15, 0.2) is 0 Å². The third-order valence-corrected chi connectivity index (χ3v) is 6.57. The Labute approximate surface area is 190 Å². The highest BCUT2D eigenvalue weighted by Crippen LogP contribution is 2.39. The third kappa shape index (κ3) is 4.99. The Balaban J connectivity index is 0.00000272. The number of fused-ring (bicyclic) bond motifs is 1. The van der Waals surface area contributed by atoms with Crippen LogP contribution in [0.5, 0.6) is 0 Å². The summed E-state index contributed by atoms with van der Waals surface area (Å²) in [5.41, 5.74) is -0.342. The Kier molecular flexibility index (Phi) is 7.50. The van der Waals surface area contributed by atoms with Crippen LogP contribution in [-0.2, 0) is 6.18 Å². The first kappa shape index (κ1) is 23.8. The van der Waals surface area contributed by atoms with Crippen LogP contribution in [0.1, 0.15) is 59.6 Å². The molecule has 0 bridgehead atoms. The Morgan fingerprint density at radius 1 is 1.16 bits per heavy atom. The molecule has 3 heterocycles. The molecule has 0 aliphatic carbocycles. The molecule has 31 heavy (non-hydrogen) atoms. The number of rotatable bonds is 4. The molecule has 0 saturated carbocycles. The minimum Gasteiger partial charge on any atom is -0.344 e. The highest BCUT2D eigenvalue weighted by molar-refractivity contribution is 6.34. The summed E-state index contributed by atoms with van der Waals surface area (Å²) in [6, 6.07) is 7.30. The van der Waals surface area contributed by atoms with E-state index >= 15 is 0 Å². The second kappa shape index (κ2) is 9.76. The predicted octanol–water partition coefficient (Wildman–Crippen LogP) is 5.66. The van der Waals surface area contributed by atoms with E-state index in [9.17, 15) is 18.0 Å². The maximum Gasteiger partial charge on any atom is 0.417 e. The van der Waals surface area contributed by atoms with E-state index in [-0.39, 0.29) is 30.1 Å². The van der Waals surface area contributed by atoms with Gasteiger partial charge >= 0.3 is 6.18 Å². The Bertz CT molecular complexity index is 911. The van der Waals surface area contributed by atoms with Crippen molar-refractivity contribution in [1.29, 1.82) is 0 Å². The van der Waals surface area contributed by atoms with Gasteiger partial charge < -0.3 is 5.32 Å². The fourth-order valence-electron chi connectivity index (χ4n) is 4.76. The Morgan fingerprint density at radius 3 is 2.68 bits per heavy atom. The first-order valence-corrected chi connectivity index (χ1v) is 10.6. The number of piperidine rings is 1. The lowest BCUT2D eigenvalue weighted by Crippen LogP contribution is -2.47. The number of hydrogen-bond donors (Lipinski definition) is 1. The molecule has 2 aromatic rings. The minimum atomic E-state index is -4.62. The zero-order valence-electron chi connectivity index (χ0n) is 16.7. The van der Waals surface area contributed by atoms with Crippen molar-refractivity contribution in [3.05, 3.63) is 64.4 Å². The van der Waals surface area contributed by atoms with Crippen molar-refractivity contribution in [1.82, 2.24) is 15.2 Å². The molecule has 0 spiro atoms. The second-order valence-corrected chi connectivity index (χ2v) is 8.31. The topological polar surface area (TPSA) is 45.2 Å². The summed E-state index contributed by atoms with van der Waals surface area (Å²) in [7, 11) is 0. The molecule has 4 nitrogen and oxygen atoms in total. The van der Waals surface area contributed by atoms with E-state index in [0.29, 0.717) is 6.04 Å². The average Bonchev–Trinajstić information content (AvgIpc) is 3.15. The molecule has 3 atom stereocenters. The minimum absolute atomic E-state index is 0. The molecule has 1 N–H and O–H groups in total. The molecule has 1 aromatic heterocycles. The van der Waals surface area contributed by atoms with Gasteiger partial charge in [-0.1, -0.05) is 30.2 Å². The predicted molar refractivity (Wildman–Crippen MR) is 116 cm³/mol. The van der Waals surface area contributed by atoms with Crippen molar-refractivity contribution in [3.8, 4) is 0 Å². The Hall–Kier alpha value is -1.83. The number of halogens is 5. The number of hydrogen-bond acceptors (Lipinski definition) is 3. The number of carbonyl (C=O) groups excluding carboxylic acids is 1. The number of alkyl halides is 3. The summed E-state index contributed by atoms with van der Waals surface area (Å²) in [4.78, 5) is 19.7. The van der Waals surface area contributed by atoms with E-state index < -0.39 is 22.7 Å². The van der Waals surface area contributed by atoms with Gasteiger partial charge in [-0.3, -0.25) is 14.7 Å². The first-order valence-electron chi connectivity index (χ1n) is 10.2. The van der Waals surface area contributed by atoms with Gasteiger partial charge in [-0.15, -0.1) is 12.4 Å². The number of pyridine rings is 1. The monoisotopic (exact) mass is 473 g/mol. The number of nitrogens with one attached hydrogen (secondary N) is 1. The van der Waals surface area contributed by atoms with Crippen LogP contribution in [-0.4, -0.2) is 34.4 Å². The molecule has 1 amide bonds. The van der Waals surface area contributed by atoms with Gasteiger partial charge in [0.2, 0.25) is 0 Å². The van der Waals surface area contributed by atoms with E-state index in [1.165, 1.54) is 18.6 Å². The molecule has 0 unspecified atom stereocenters. The molecule has 2 aliphatic rings. The van der Waals surface area contributed by atoms with Crippen LogP contribution >= 0.6 is 24.0 Å². The van der Waals surface area contributed by atoms with Crippen LogP contribution < -0.4 is 5.32 Å². The standard InChI is InChI=1S/C22H23ClF3N3O.ClH/c23-19-16(7-3-8-17(19)22(24,25)26)21(30)28-20(14-5-4-11-27-13-14)18-10-9-15-6-1-2-12-29(15)18;/h3-5,7-8,11,13,15,18,20H,1-2,6,9-10,12H2,(H,28,30);1H/t15-,18-,20+;/m1./s1. The zero-order valence-corrected chi connectivity index (χ0v) is 18.3. The fraction of sp³-hybridized carbons (Fsp3) is 0.455. The van der Waals surface area contributed by atoms with Crippen LogP contribution in [0.2, 0.25) is 5.02 Å². The van der Waals surface area contributed by atoms with E-state index in [2.05, 4.69) is 15.2 Å². The zero-order chi connectivity index (χ0) is 21.3. The highest BCUT2D eigenvalue weighted by Gasteiger charge is 2.41. The van der Waals surface area contributed by atoms with Crippen LogP contribution in [0.3, 0.4) is 0 Å².